The summed E-state index contributed by atoms with van der Waals surface area (Å²) in [6.07, 6.45) is -0.372. The van der Waals surface area contributed by atoms with Crippen molar-refractivity contribution < 1.29 is 9.53 Å². The van der Waals surface area contributed by atoms with Crippen LogP contribution in [0.15, 0.2) is 17.5 Å². The first kappa shape index (κ1) is 12.0. The summed E-state index contributed by atoms with van der Waals surface area (Å²) in [5, 5.41) is 4.78. The van der Waals surface area contributed by atoms with E-state index in [0.717, 1.165) is 4.88 Å². The van der Waals surface area contributed by atoms with E-state index in [1.807, 2.05) is 45.2 Å². The van der Waals surface area contributed by atoms with Gasteiger partial charge in [0.15, 0.2) is 0 Å². The number of hydrogen-bond acceptors (Lipinski definition) is 3. The fourth-order valence-corrected chi connectivity index (χ4v) is 1.83. The molecular weight excluding hydrogens is 210 g/mol. The first-order valence-corrected chi connectivity index (χ1v) is 5.79. The van der Waals surface area contributed by atoms with Crippen molar-refractivity contribution in [1.82, 2.24) is 5.32 Å². The summed E-state index contributed by atoms with van der Waals surface area (Å²) in [7, 11) is 0. The Morgan fingerprint density at radius 1 is 1.53 bits per heavy atom. The summed E-state index contributed by atoms with van der Waals surface area (Å²) in [6, 6.07) is 3.96. The highest BCUT2D eigenvalue weighted by molar-refractivity contribution is 7.10. The Balaban J connectivity index is 2.45. The third kappa shape index (κ3) is 4.34. The van der Waals surface area contributed by atoms with Crippen LogP contribution in [-0.4, -0.2) is 11.7 Å². The molecular formula is C11H17NO2S. The smallest absolute Gasteiger partial charge is 0.408 e. The van der Waals surface area contributed by atoms with Gasteiger partial charge in [-0.25, -0.2) is 4.79 Å². The van der Waals surface area contributed by atoms with E-state index in [1.54, 1.807) is 11.3 Å². The Bertz CT molecular complexity index is 314. The Kier molecular flexibility index (Phi) is 3.74. The molecule has 0 aliphatic rings. The number of hydrogen-bond donors (Lipinski definition) is 1. The van der Waals surface area contributed by atoms with E-state index in [0.29, 0.717) is 0 Å². The lowest BCUT2D eigenvalue weighted by atomic mass is 10.2. The van der Waals surface area contributed by atoms with Crippen LogP contribution < -0.4 is 5.32 Å². The molecule has 0 spiro atoms. The number of ether oxygens (including phenoxy) is 1. The average molecular weight is 227 g/mol. The summed E-state index contributed by atoms with van der Waals surface area (Å²) >= 11 is 1.62. The molecule has 0 radical (unpaired) electrons. The number of amides is 1. The number of thiophene rings is 1. The van der Waals surface area contributed by atoms with Gasteiger partial charge in [0.25, 0.3) is 0 Å². The van der Waals surface area contributed by atoms with Gasteiger partial charge in [-0.2, -0.15) is 0 Å². The molecule has 15 heavy (non-hydrogen) atoms. The van der Waals surface area contributed by atoms with Gasteiger partial charge in [0.05, 0.1) is 6.04 Å². The topological polar surface area (TPSA) is 38.3 Å². The first-order valence-electron chi connectivity index (χ1n) is 4.91. The molecule has 3 nitrogen and oxygen atoms in total. The molecule has 1 aromatic rings. The van der Waals surface area contributed by atoms with Crippen LogP contribution in [0.1, 0.15) is 38.6 Å². The largest absolute Gasteiger partial charge is 0.444 e. The van der Waals surface area contributed by atoms with Gasteiger partial charge >= 0.3 is 6.09 Å². The van der Waals surface area contributed by atoms with Crippen molar-refractivity contribution in [2.24, 2.45) is 0 Å². The Labute approximate surface area is 94.5 Å². The van der Waals surface area contributed by atoms with Gasteiger partial charge in [0.2, 0.25) is 0 Å². The summed E-state index contributed by atoms with van der Waals surface area (Å²) in [5.41, 5.74) is -0.445. The first-order chi connectivity index (χ1) is 6.88. The van der Waals surface area contributed by atoms with Crippen molar-refractivity contribution in [2.75, 3.05) is 0 Å². The van der Waals surface area contributed by atoms with Crippen LogP contribution in [0.4, 0.5) is 4.79 Å². The average Bonchev–Trinajstić information content (AvgIpc) is 2.50. The Hall–Kier alpha value is -1.03. The molecule has 0 aromatic carbocycles. The second-order valence-electron chi connectivity index (χ2n) is 4.38. The highest BCUT2D eigenvalue weighted by Crippen LogP contribution is 2.18. The second-order valence-corrected chi connectivity index (χ2v) is 5.36. The van der Waals surface area contributed by atoms with Gasteiger partial charge in [-0.15, -0.1) is 11.3 Å². The van der Waals surface area contributed by atoms with E-state index in [-0.39, 0.29) is 12.1 Å². The fourth-order valence-electron chi connectivity index (χ4n) is 1.09. The highest BCUT2D eigenvalue weighted by atomic mass is 32.1. The van der Waals surface area contributed by atoms with Crippen LogP contribution in [0.25, 0.3) is 0 Å². The lowest BCUT2D eigenvalue weighted by Crippen LogP contribution is -2.33. The summed E-state index contributed by atoms with van der Waals surface area (Å²) in [6.45, 7) is 7.49. The molecule has 1 rings (SSSR count). The SMILES string of the molecule is C[C@H](NC(=O)OC(C)(C)C)c1cccs1. The van der Waals surface area contributed by atoms with Crippen molar-refractivity contribution in [1.29, 1.82) is 0 Å². The number of carbonyl (C=O) groups excluding carboxylic acids is 1. The van der Waals surface area contributed by atoms with Gasteiger partial charge in [-0.05, 0) is 39.1 Å². The molecule has 1 amide bonds. The zero-order valence-electron chi connectivity index (χ0n) is 9.53. The van der Waals surface area contributed by atoms with E-state index >= 15 is 0 Å². The minimum atomic E-state index is -0.445. The predicted molar refractivity (Wildman–Crippen MR) is 62.1 cm³/mol. The minimum Gasteiger partial charge on any atom is -0.444 e. The maximum Gasteiger partial charge on any atom is 0.408 e. The lowest BCUT2D eigenvalue weighted by Gasteiger charge is -2.21. The van der Waals surface area contributed by atoms with Crippen LogP contribution in [0, 0.1) is 0 Å². The van der Waals surface area contributed by atoms with Crippen molar-refractivity contribution in [3.63, 3.8) is 0 Å². The molecule has 0 aliphatic heterocycles. The molecule has 0 saturated heterocycles. The van der Waals surface area contributed by atoms with Crippen molar-refractivity contribution >= 4 is 17.4 Å². The molecule has 0 unspecified atom stereocenters. The van der Waals surface area contributed by atoms with Gasteiger partial charge in [0.1, 0.15) is 5.60 Å². The van der Waals surface area contributed by atoms with E-state index < -0.39 is 5.60 Å². The maximum absolute atomic E-state index is 11.4. The quantitative estimate of drug-likeness (QED) is 0.841. The van der Waals surface area contributed by atoms with E-state index in [2.05, 4.69) is 5.32 Å². The van der Waals surface area contributed by atoms with Gasteiger partial charge in [-0.1, -0.05) is 6.07 Å². The standard InChI is InChI=1S/C11H17NO2S/c1-8(9-6-5-7-15-9)12-10(13)14-11(2,3)4/h5-8H,1-4H3,(H,12,13)/t8-/m0/s1. The summed E-state index contributed by atoms with van der Waals surface area (Å²) in [4.78, 5) is 12.6. The molecule has 1 heterocycles. The van der Waals surface area contributed by atoms with E-state index in [1.165, 1.54) is 0 Å². The molecule has 0 saturated carbocycles. The summed E-state index contributed by atoms with van der Waals surface area (Å²) in [5.74, 6) is 0. The number of alkyl carbamates (subject to hydrolysis) is 1. The van der Waals surface area contributed by atoms with Crippen molar-refractivity contribution in [3.05, 3.63) is 22.4 Å². The molecule has 1 N–H and O–H groups in total. The maximum atomic E-state index is 11.4. The molecule has 4 heteroatoms. The Morgan fingerprint density at radius 2 is 2.20 bits per heavy atom. The van der Waals surface area contributed by atoms with Crippen molar-refractivity contribution in [2.45, 2.75) is 39.3 Å². The van der Waals surface area contributed by atoms with Gasteiger partial charge < -0.3 is 10.1 Å². The molecule has 84 valence electrons. The number of rotatable bonds is 2. The predicted octanol–water partition coefficient (Wildman–Crippen LogP) is 3.33. The normalized spacial score (nSPS) is 13.3. The third-order valence-electron chi connectivity index (χ3n) is 1.70. The second kappa shape index (κ2) is 4.66. The van der Waals surface area contributed by atoms with Crippen LogP contribution in [-0.2, 0) is 4.74 Å². The zero-order chi connectivity index (χ0) is 11.5. The molecule has 1 aromatic heterocycles. The van der Waals surface area contributed by atoms with Crippen LogP contribution in [0.3, 0.4) is 0 Å². The molecule has 0 fully saturated rings. The van der Waals surface area contributed by atoms with Gasteiger partial charge in [-0.3, -0.25) is 0 Å². The Morgan fingerprint density at radius 3 is 2.67 bits per heavy atom. The fraction of sp³-hybridized carbons (Fsp3) is 0.545. The minimum absolute atomic E-state index is 0.000139. The van der Waals surface area contributed by atoms with Crippen LogP contribution in [0.5, 0.6) is 0 Å². The monoisotopic (exact) mass is 227 g/mol. The van der Waals surface area contributed by atoms with E-state index in [4.69, 9.17) is 4.74 Å². The number of nitrogens with one attached hydrogen (secondary N) is 1. The zero-order valence-corrected chi connectivity index (χ0v) is 10.4. The van der Waals surface area contributed by atoms with Crippen LogP contribution in [0.2, 0.25) is 0 Å². The van der Waals surface area contributed by atoms with Crippen molar-refractivity contribution in [3.8, 4) is 0 Å². The molecule has 0 aliphatic carbocycles. The highest BCUT2D eigenvalue weighted by Gasteiger charge is 2.18. The number of carbonyl (C=O) groups is 1. The van der Waals surface area contributed by atoms with Gasteiger partial charge in [0, 0.05) is 4.88 Å². The molecule has 1 atom stereocenters. The van der Waals surface area contributed by atoms with Crippen LogP contribution >= 0.6 is 11.3 Å². The lowest BCUT2D eigenvalue weighted by molar-refractivity contribution is 0.0509. The molecule has 0 bridgehead atoms. The third-order valence-corrected chi connectivity index (χ3v) is 2.76. The van der Waals surface area contributed by atoms with E-state index in [9.17, 15) is 4.79 Å². The summed E-state index contributed by atoms with van der Waals surface area (Å²) < 4.78 is 5.16.